The molecule has 1 saturated carbocycles. The summed E-state index contributed by atoms with van der Waals surface area (Å²) in [5, 5.41) is 12.2. The molecule has 18 heavy (non-hydrogen) atoms. The maximum atomic E-state index is 11.1. The van der Waals surface area contributed by atoms with E-state index in [0.717, 1.165) is 18.5 Å². The Balaban J connectivity index is 2.13. The average molecular weight is 251 g/mol. The van der Waals surface area contributed by atoms with Crippen LogP contribution in [0, 0.1) is 12.8 Å². The standard InChI is InChI=1S/C12H17N3O3/c1-7-6-10(18-2)15-12(13-7)14-9-5-3-4-8(9)11(16)17/h6,8-9H,3-5H2,1-2H3,(H,16,17)(H,13,14,15)/t8-,9+/m0/s1. The Hall–Kier alpha value is -1.85. The van der Waals surface area contributed by atoms with E-state index in [-0.39, 0.29) is 12.0 Å². The number of ether oxygens (including phenoxy) is 1. The monoisotopic (exact) mass is 251 g/mol. The fraction of sp³-hybridized carbons (Fsp3) is 0.583. The number of rotatable bonds is 4. The molecule has 0 spiro atoms. The van der Waals surface area contributed by atoms with Crippen LogP contribution in [-0.2, 0) is 4.79 Å². The van der Waals surface area contributed by atoms with Gasteiger partial charge >= 0.3 is 5.97 Å². The molecule has 0 aromatic carbocycles. The van der Waals surface area contributed by atoms with Crippen molar-refractivity contribution in [3.63, 3.8) is 0 Å². The molecule has 98 valence electrons. The second-order valence-corrected chi connectivity index (χ2v) is 4.50. The number of methoxy groups -OCH3 is 1. The summed E-state index contributed by atoms with van der Waals surface area (Å²) in [6.45, 7) is 1.85. The van der Waals surface area contributed by atoms with Gasteiger partial charge in [-0.05, 0) is 19.8 Å². The maximum absolute atomic E-state index is 11.1. The highest BCUT2D eigenvalue weighted by Crippen LogP contribution is 2.28. The highest BCUT2D eigenvalue weighted by atomic mass is 16.5. The highest BCUT2D eigenvalue weighted by molar-refractivity contribution is 5.72. The SMILES string of the molecule is COc1cc(C)nc(N[C@@H]2CCC[C@@H]2C(=O)O)n1. The fourth-order valence-electron chi connectivity index (χ4n) is 2.30. The number of nitrogens with one attached hydrogen (secondary N) is 1. The third-order valence-corrected chi connectivity index (χ3v) is 3.19. The zero-order chi connectivity index (χ0) is 13.1. The summed E-state index contributed by atoms with van der Waals surface area (Å²) in [6, 6.07) is 1.63. The van der Waals surface area contributed by atoms with Gasteiger partial charge in [-0.25, -0.2) is 4.98 Å². The van der Waals surface area contributed by atoms with Gasteiger partial charge in [0.2, 0.25) is 11.8 Å². The highest BCUT2D eigenvalue weighted by Gasteiger charge is 2.33. The summed E-state index contributed by atoms with van der Waals surface area (Å²) in [5.74, 6) is -0.204. The third kappa shape index (κ3) is 2.69. The summed E-state index contributed by atoms with van der Waals surface area (Å²) < 4.78 is 5.07. The van der Waals surface area contributed by atoms with Crippen LogP contribution in [0.4, 0.5) is 5.95 Å². The molecule has 6 nitrogen and oxygen atoms in total. The van der Waals surface area contributed by atoms with Gasteiger partial charge in [-0.15, -0.1) is 0 Å². The van der Waals surface area contributed by atoms with Crippen LogP contribution in [0.15, 0.2) is 6.07 Å². The van der Waals surface area contributed by atoms with Crippen molar-refractivity contribution in [3.8, 4) is 5.88 Å². The van der Waals surface area contributed by atoms with Crippen LogP contribution < -0.4 is 10.1 Å². The van der Waals surface area contributed by atoms with Crippen LogP contribution in [-0.4, -0.2) is 34.2 Å². The molecule has 2 atom stereocenters. The van der Waals surface area contributed by atoms with Gasteiger partial charge in [0.05, 0.1) is 13.0 Å². The largest absolute Gasteiger partial charge is 0.481 e. The van der Waals surface area contributed by atoms with E-state index in [1.54, 1.807) is 13.2 Å². The Kier molecular flexibility index (Phi) is 3.64. The number of hydrogen-bond acceptors (Lipinski definition) is 5. The zero-order valence-corrected chi connectivity index (χ0v) is 10.5. The van der Waals surface area contributed by atoms with E-state index in [4.69, 9.17) is 9.84 Å². The van der Waals surface area contributed by atoms with Crippen LogP contribution in [0.25, 0.3) is 0 Å². The topological polar surface area (TPSA) is 84.3 Å². The Morgan fingerprint density at radius 2 is 2.28 bits per heavy atom. The molecule has 2 rings (SSSR count). The molecule has 0 radical (unpaired) electrons. The summed E-state index contributed by atoms with van der Waals surface area (Å²) in [4.78, 5) is 19.5. The molecule has 1 fully saturated rings. The third-order valence-electron chi connectivity index (χ3n) is 3.19. The lowest BCUT2D eigenvalue weighted by Gasteiger charge is -2.17. The van der Waals surface area contributed by atoms with Gasteiger partial charge in [-0.1, -0.05) is 6.42 Å². The Bertz CT molecular complexity index is 450. The van der Waals surface area contributed by atoms with Crippen LogP contribution in [0.3, 0.4) is 0 Å². The number of aryl methyl sites for hydroxylation is 1. The van der Waals surface area contributed by atoms with Crippen molar-refractivity contribution < 1.29 is 14.6 Å². The zero-order valence-electron chi connectivity index (χ0n) is 10.5. The molecule has 0 unspecified atom stereocenters. The second kappa shape index (κ2) is 5.20. The van der Waals surface area contributed by atoms with Crippen LogP contribution in [0.5, 0.6) is 5.88 Å². The molecular formula is C12H17N3O3. The number of aliphatic carboxylic acids is 1. The van der Waals surface area contributed by atoms with Gasteiger partial charge in [-0.2, -0.15) is 4.98 Å². The van der Waals surface area contributed by atoms with Gasteiger partial charge < -0.3 is 15.2 Å². The first-order valence-electron chi connectivity index (χ1n) is 5.99. The Morgan fingerprint density at radius 1 is 1.50 bits per heavy atom. The smallest absolute Gasteiger partial charge is 0.308 e. The van der Waals surface area contributed by atoms with Gasteiger partial charge in [0.25, 0.3) is 0 Å². The molecule has 1 aliphatic carbocycles. The minimum Gasteiger partial charge on any atom is -0.481 e. The molecule has 0 aliphatic heterocycles. The number of carbonyl (C=O) groups is 1. The van der Waals surface area contributed by atoms with Gasteiger partial charge in [-0.3, -0.25) is 4.79 Å². The van der Waals surface area contributed by atoms with E-state index in [1.165, 1.54) is 0 Å². The van der Waals surface area contributed by atoms with Crippen molar-refractivity contribution in [1.29, 1.82) is 0 Å². The Morgan fingerprint density at radius 3 is 2.94 bits per heavy atom. The van der Waals surface area contributed by atoms with Crippen molar-refractivity contribution >= 4 is 11.9 Å². The first-order chi connectivity index (χ1) is 8.60. The van der Waals surface area contributed by atoms with Gasteiger partial charge in [0.1, 0.15) is 0 Å². The molecule has 0 bridgehead atoms. The molecule has 0 amide bonds. The number of aromatic nitrogens is 2. The summed E-state index contributed by atoms with van der Waals surface area (Å²) >= 11 is 0. The molecular weight excluding hydrogens is 234 g/mol. The van der Waals surface area contributed by atoms with Crippen LogP contribution >= 0.6 is 0 Å². The second-order valence-electron chi connectivity index (χ2n) is 4.50. The fourth-order valence-corrected chi connectivity index (χ4v) is 2.30. The van der Waals surface area contributed by atoms with E-state index < -0.39 is 5.97 Å². The van der Waals surface area contributed by atoms with Gasteiger partial charge in [0.15, 0.2) is 0 Å². The first kappa shape index (κ1) is 12.6. The lowest BCUT2D eigenvalue weighted by atomic mass is 10.0. The molecule has 1 aromatic rings. The van der Waals surface area contributed by atoms with E-state index in [1.807, 2.05) is 6.92 Å². The summed E-state index contributed by atoms with van der Waals surface area (Å²) in [7, 11) is 1.54. The number of carboxylic acid groups (broad SMARTS) is 1. The lowest BCUT2D eigenvalue weighted by Crippen LogP contribution is -2.30. The van der Waals surface area contributed by atoms with Crippen molar-refractivity contribution in [2.45, 2.75) is 32.2 Å². The molecule has 1 aliphatic rings. The van der Waals surface area contributed by atoms with Crippen molar-refractivity contribution in [2.75, 3.05) is 12.4 Å². The average Bonchev–Trinajstić information content (AvgIpc) is 2.76. The molecule has 2 N–H and O–H groups in total. The number of nitrogens with zero attached hydrogens (tertiary/aromatic N) is 2. The van der Waals surface area contributed by atoms with E-state index >= 15 is 0 Å². The Labute approximate surface area is 105 Å². The van der Waals surface area contributed by atoms with Gasteiger partial charge in [0, 0.05) is 17.8 Å². The van der Waals surface area contributed by atoms with Crippen LogP contribution in [0.2, 0.25) is 0 Å². The number of hydrogen-bond donors (Lipinski definition) is 2. The van der Waals surface area contributed by atoms with E-state index in [9.17, 15) is 4.79 Å². The van der Waals surface area contributed by atoms with E-state index in [2.05, 4.69) is 15.3 Å². The molecule has 1 heterocycles. The van der Waals surface area contributed by atoms with Crippen LogP contribution in [0.1, 0.15) is 25.0 Å². The molecule has 1 aromatic heterocycles. The van der Waals surface area contributed by atoms with Crippen molar-refractivity contribution in [1.82, 2.24) is 9.97 Å². The minimum absolute atomic E-state index is 0.103. The predicted molar refractivity (Wildman–Crippen MR) is 65.7 cm³/mol. The number of anilines is 1. The quantitative estimate of drug-likeness (QED) is 0.842. The molecule has 6 heteroatoms. The van der Waals surface area contributed by atoms with E-state index in [0.29, 0.717) is 18.2 Å². The summed E-state index contributed by atoms with van der Waals surface area (Å²) in [5.41, 5.74) is 0.786. The summed E-state index contributed by atoms with van der Waals surface area (Å²) in [6.07, 6.45) is 2.45. The normalized spacial score (nSPS) is 22.8. The van der Waals surface area contributed by atoms with Crippen molar-refractivity contribution in [3.05, 3.63) is 11.8 Å². The predicted octanol–water partition coefficient (Wildman–Crippen LogP) is 1.46. The first-order valence-corrected chi connectivity index (χ1v) is 5.99. The maximum Gasteiger partial charge on any atom is 0.308 e. The lowest BCUT2D eigenvalue weighted by molar-refractivity contribution is -0.141. The minimum atomic E-state index is -0.760. The number of carboxylic acids is 1. The van der Waals surface area contributed by atoms with Crippen molar-refractivity contribution in [2.24, 2.45) is 5.92 Å². The molecule has 0 saturated heterocycles.